The predicted molar refractivity (Wildman–Crippen MR) is 29.9 cm³/mol. The summed E-state index contributed by atoms with van der Waals surface area (Å²) in [4.78, 5) is 0. The van der Waals surface area contributed by atoms with Gasteiger partial charge in [-0.25, -0.2) is 0 Å². The van der Waals surface area contributed by atoms with Crippen LogP contribution in [-0.2, 0) is 0 Å². The van der Waals surface area contributed by atoms with E-state index >= 15 is 0 Å². The van der Waals surface area contributed by atoms with Crippen LogP contribution in [-0.4, -0.2) is 0 Å². The van der Waals surface area contributed by atoms with E-state index < -0.39 is 0 Å². The Morgan fingerprint density at radius 2 is 2.57 bits per heavy atom. The molecule has 2 aliphatic carbocycles. The molecule has 0 spiro atoms. The lowest BCUT2D eigenvalue weighted by Gasteiger charge is -1.87. The van der Waals surface area contributed by atoms with Crippen molar-refractivity contribution >= 4 is 0 Å². The van der Waals surface area contributed by atoms with Crippen molar-refractivity contribution in [2.24, 2.45) is 5.92 Å². The van der Waals surface area contributed by atoms with Crippen molar-refractivity contribution in [3.63, 3.8) is 0 Å². The molecule has 1 atom stereocenters. The summed E-state index contributed by atoms with van der Waals surface area (Å²) in [6, 6.07) is 0. The van der Waals surface area contributed by atoms with Crippen molar-refractivity contribution in [2.75, 3.05) is 0 Å². The maximum absolute atomic E-state index is 3.92. The highest BCUT2D eigenvalue weighted by molar-refractivity contribution is 5.41. The van der Waals surface area contributed by atoms with Gasteiger partial charge in [0, 0.05) is 5.92 Å². The van der Waals surface area contributed by atoms with Crippen LogP contribution in [0.2, 0.25) is 0 Å². The number of hydrogen-bond acceptors (Lipinski definition) is 0. The standard InChI is InChI=1S/C7H8/c1-5-2-3-6-4-7(5)6/h3,7H,1-2,4H2. The van der Waals surface area contributed by atoms with Crippen molar-refractivity contribution in [2.45, 2.75) is 12.8 Å². The molecule has 0 aromatic rings. The Hall–Kier alpha value is -0.520. The predicted octanol–water partition coefficient (Wildman–Crippen LogP) is 1.89. The SMILES string of the molecule is C=C1CC=C2CC12. The Labute approximate surface area is 43.5 Å². The molecule has 0 N–H and O–H groups in total. The first kappa shape index (κ1) is 3.48. The number of hydrogen-bond donors (Lipinski definition) is 0. The zero-order chi connectivity index (χ0) is 4.85. The second-order valence-corrected chi connectivity index (χ2v) is 2.40. The Balaban J connectivity index is 2.39. The quantitative estimate of drug-likeness (QED) is 0.400. The van der Waals surface area contributed by atoms with E-state index in [9.17, 15) is 0 Å². The third kappa shape index (κ3) is 0.317. The molecular weight excluding hydrogens is 84.1 g/mol. The number of allylic oxidation sites excluding steroid dienone is 3. The topological polar surface area (TPSA) is 0 Å². The lowest BCUT2D eigenvalue weighted by atomic mass is 10.2. The van der Waals surface area contributed by atoms with Gasteiger partial charge >= 0.3 is 0 Å². The molecule has 1 fully saturated rings. The van der Waals surface area contributed by atoms with Gasteiger partial charge in [-0.1, -0.05) is 23.8 Å². The molecule has 2 rings (SSSR count). The van der Waals surface area contributed by atoms with Crippen LogP contribution >= 0.6 is 0 Å². The summed E-state index contributed by atoms with van der Waals surface area (Å²) in [5, 5.41) is 0. The van der Waals surface area contributed by atoms with E-state index in [2.05, 4.69) is 12.7 Å². The summed E-state index contributed by atoms with van der Waals surface area (Å²) in [7, 11) is 0. The fourth-order valence-corrected chi connectivity index (χ4v) is 1.21. The molecule has 0 aromatic heterocycles. The minimum Gasteiger partial charge on any atom is -0.0989 e. The second kappa shape index (κ2) is 0.835. The summed E-state index contributed by atoms with van der Waals surface area (Å²) >= 11 is 0. The van der Waals surface area contributed by atoms with Gasteiger partial charge < -0.3 is 0 Å². The lowest BCUT2D eigenvalue weighted by molar-refractivity contribution is 1.02. The fraction of sp³-hybridized carbons (Fsp3) is 0.429. The molecule has 0 heteroatoms. The van der Waals surface area contributed by atoms with E-state index in [4.69, 9.17) is 0 Å². The molecule has 0 bridgehead atoms. The van der Waals surface area contributed by atoms with Crippen LogP contribution in [0.3, 0.4) is 0 Å². The van der Waals surface area contributed by atoms with Crippen molar-refractivity contribution in [3.05, 3.63) is 23.8 Å². The zero-order valence-electron chi connectivity index (χ0n) is 4.28. The average Bonchev–Trinajstić information content (AvgIpc) is 2.33. The van der Waals surface area contributed by atoms with Crippen molar-refractivity contribution in [3.8, 4) is 0 Å². The van der Waals surface area contributed by atoms with Gasteiger partial charge in [0.25, 0.3) is 0 Å². The van der Waals surface area contributed by atoms with E-state index in [0.29, 0.717) is 0 Å². The van der Waals surface area contributed by atoms with Crippen molar-refractivity contribution < 1.29 is 0 Å². The van der Waals surface area contributed by atoms with E-state index in [1.165, 1.54) is 18.4 Å². The van der Waals surface area contributed by atoms with Gasteiger partial charge in [-0.05, 0) is 12.8 Å². The van der Waals surface area contributed by atoms with Gasteiger partial charge in [-0.3, -0.25) is 0 Å². The first-order valence-electron chi connectivity index (χ1n) is 2.74. The van der Waals surface area contributed by atoms with Crippen molar-refractivity contribution in [1.29, 1.82) is 0 Å². The van der Waals surface area contributed by atoms with Gasteiger partial charge in [-0.2, -0.15) is 0 Å². The van der Waals surface area contributed by atoms with Crippen LogP contribution in [0.4, 0.5) is 0 Å². The largest absolute Gasteiger partial charge is 0.0989 e. The summed E-state index contributed by atoms with van der Waals surface area (Å²) < 4.78 is 0. The molecule has 7 heavy (non-hydrogen) atoms. The Kier molecular flexibility index (Phi) is 0.415. The molecule has 0 radical (unpaired) electrons. The van der Waals surface area contributed by atoms with Gasteiger partial charge in [0.2, 0.25) is 0 Å². The molecule has 36 valence electrons. The van der Waals surface area contributed by atoms with Crippen LogP contribution in [0.5, 0.6) is 0 Å². The van der Waals surface area contributed by atoms with Gasteiger partial charge in [-0.15, -0.1) is 0 Å². The van der Waals surface area contributed by atoms with Crippen LogP contribution in [0.25, 0.3) is 0 Å². The number of fused-ring (bicyclic) bond motifs is 1. The first-order chi connectivity index (χ1) is 3.38. The van der Waals surface area contributed by atoms with Crippen LogP contribution in [0, 0.1) is 5.92 Å². The Morgan fingerprint density at radius 3 is 2.71 bits per heavy atom. The normalized spacial score (nSPS) is 35.1. The maximum Gasteiger partial charge on any atom is 0.00452 e. The molecule has 2 aliphatic rings. The summed E-state index contributed by atoms with van der Waals surface area (Å²) in [6.07, 6.45) is 4.81. The summed E-state index contributed by atoms with van der Waals surface area (Å²) in [5.41, 5.74) is 3.08. The van der Waals surface area contributed by atoms with Crippen LogP contribution in [0.15, 0.2) is 23.8 Å². The first-order valence-corrected chi connectivity index (χ1v) is 2.74. The highest BCUT2D eigenvalue weighted by atomic mass is 14.4. The van der Waals surface area contributed by atoms with Gasteiger partial charge in [0.15, 0.2) is 0 Å². The highest BCUT2D eigenvalue weighted by Crippen LogP contribution is 2.49. The van der Waals surface area contributed by atoms with Crippen molar-refractivity contribution in [1.82, 2.24) is 0 Å². The van der Waals surface area contributed by atoms with Crippen LogP contribution in [0.1, 0.15) is 12.8 Å². The van der Waals surface area contributed by atoms with Gasteiger partial charge in [0.1, 0.15) is 0 Å². The molecule has 0 aromatic carbocycles. The van der Waals surface area contributed by atoms with E-state index in [1.807, 2.05) is 0 Å². The van der Waals surface area contributed by atoms with Crippen LogP contribution < -0.4 is 0 Å². The molecule has 0 aliphatic heterocycles. The minimum atomic E-state index is 0.847. The van der Waals surface area contributed by atoms with E-state index in [-0.39, 0.29) is 0 Å². The Morgan fingerprint density at radius 1 is 1.71 bits per heavy atom. The lowest BCUT2D eigenvalue weighted by Crippen LogP contribution is -1.72. The monoisotopic (exact) mass is 92.1 g/mol. The molecule has 1 saturated carbocycles. The summed E-state index contributed by atoms with van der Waals surface area (Å²) in [6.45, 7) is 3.92. The van der Waals surface area contributed by atoms with Gasteiger partial charge in [0.05, 0.1) is 0 Å². The fourth-order valence-electron chi connectivity index (χ4n) is 1.21. The maximum atomic E-state index is 3.92. The Bertz CT molecular complexity index is 151. The second-order valence-electron chi connectivity index (χ2n) is 2.40. The summed E-state index contributed by atoms with van der Waals surface area (Å²) in [5.74, 6) is 0.847. The highest BCUT2D eigenvalue weighted by Gasteiger charge is 2.35. The molecule has 0 nitrogen and oxygen atoms in total. The molecule has 0 amide bonds. The molecule has 0 heterocycles. The number of rotatable bonds is 0. The minimum absolute atomic E-state index is 0.847. The molecular formula is C7H8. The smallest absolute Gasteiger partial charge is 0.00452 e. The third-order valence-corrected chi connectivity index (χ3v) is 1.85. The zero-order valence-corrected chi connectivity index (χ0v) is 4.28. The molecule has 1 unspecified atom stereocenters. The van der Waals surface area contributed by atoms with E-state index in [1.54, 1.807) is 5.57 Å². The molecule has 0 saturated heterocycles. The van der Waals surface area contributed by atoms with E-state index in [0.717, 1.165) is 5.92 Å². The average molecular weight is 92.1 g/mol. The third-order valence-electron chi connectivity index (χ3n) is 1.85.